The molecule has 106 valence electrons. The average Bonchev–Trinajstić information content (AvgIpc) is 3.21. The van der Waals surface area contributed by atoms with Gasteiger partial charge in [0.05, 0.1) is 16.4 Å². The Morgan fingerprint density at radius 3 is 2.95 bits per heavy atom. The molecule has 4 nitrogen and oxygen atoms in total. The number of rotatable bonds is 5. The van der Waals surface area contributed by atoms with Gasteiger partial charge < -0.3 is 9.88 Å². The summed E-state index contributed by atoms with van der Waals surface area (Å²) in [5.74, 6) is 1.28. The van der Waals surface area contributed by atoms with Gasteiger partial charge in [-0.25, -0.2) is 4.98 Å². The van der Waals surface area contributed by atoms with Gasteiger partial charge in [-0.05, 0) is 31.9 Å². The fraction of sp³-hybridized carbons (Fsp3) is 0.467. The average molecular weight is 292 g/mol. The molecule has 1 heterocycles. The topological polar surface area (TPSA) is 46.9 Å². The first kappa shape index (κ1) is 13.4. The summed E-state index contributed by atoms with van der Waals surface area (Å²) in [6.45, 7) is 3.24. The second-order valence-corrected chi connectivity index (χ2v) is 5.95. The lowest BCUT2D eigenvalue weighted by Gasteiger charge is -2.11. The van der Waals surface area contributed by atoms with Crippen molar-refractivity contribution in [2.75, 3.05) is 6.54 Å². The molecule has 1 N–H and O–H groups in total. The predicted octanol–water partition coefficient (Wildman–Crippen LogP) is 2.86. The van der Waals surface area contributed by atoms with E-state index in [0.29, 0.717) is 13.1 Å². The first-order valence-corrected chi connectivity index (χ1v) is 7.47. The lowest BCUT2D eigenvalue weighted by Crippen LogP contribution is -2.28. The van der Waals surface area contributed by atoms with Crippen molar-refractivity contribution < 1.29 is 4.79 Å². The van der Waals surface area contributed by atoms with Crippen LogP contribution in [0.1, 0.15) is 31.0 Å². The van der Waals surface area contributed by atoms with Crippen molar-refractivity contribution in [3.8, 4) is 0 Å². The summed E-state index contributed by atoms with van der Waals surface area (Å²) in [6.07, 6.45) is 2.06. The van der Waals surface area contributed by atoms with Crippen molar-refractivity contribution in [1.82, 2.24) is 14.9 Å². The van der Waals surface area contributed by atoms with Gasteiger partial charge in [0.15, 0.2) is 0 Å². The van der Waals surface area contributed by atoms with E-state index in [2.05, 4.69) is 14.9 Å². The van der Waals surface area contributed by atoms with Crippen molar-refractivity contribution >= 4 is 28.5 Å². The summed E-state index contributed by atoms with van der Waals surface area (Å²) in [4.78, 5) is 16.2. The molecule has 1 amide bonds. The Kier molecular flexibility index (Phi) is 3.66. The third kappa shape index (κ3) is 2.66. The minimum Gasteiger partial charge on any atom is -0.354 e. The zero-order valence-electron chi connectivity index (χ0n) is 11.5. The quantitative estimate of drug-likeness (QED) is 0.861. The highest BCUT2D eigenvalue weighted by molar-refractivity contribution is 6.20. The fourth-order valence-corrected chi connectivity index (χ4v) is 2.58. The van der Waals surface area contributed by atoms with E-state index in [-0.39, 0.29) is 17.2 Å². The Hall–Kier alpha value is -1.55. The first-order chi connectivity index (χ1) is 9.66. The molecule has 0 saturated heterocycles. The standard InChI is InChI=1S/C15H18ClN3O/c1-10(16)14-18-12-4-2-3-5-13(12)19(14)9-8-17-15(20)11-6-7-11/h2-5,10-11H,6-9H2,1H3,(H,17,20). The van der Waals surface area contributed by atoms with E-state index in [1.807, 2.05) is 31.2 Å². The number of hydrogen-bond acceptors (Lipinski definition) is 2. The summed E-state index contributed by atoms with van der Waals surface area (Å²) < 4.78 is 2.10. The van der Waals surface area contributed by atoms with Crippen molar-refractivity contribution in [3.63, 3.8) is 0 Å². The van der Waals surface area contributed by atoms with E-state index in [4.69, 9.17) is 11.6 Å². The van der Waals surface area contributed by atoms with Gasteiger partial charge in [0, 0.05) is 19.0 Å². The summed E-state index contributed by atoms with van der Waals surface area (Å²) >= 11 is 6.21. The Morgan fingerprint density at radius 1 is 1.50 bits per heavy atom. The van der Waals surface area contributed by atoms with E-state index >= 15 is 0 Å². The Labute approximate surface area is 123 Å². The summed E-state index contributed by atoms with van der Waals surface area (Å²) in [5.41, 5.74) is 2.01. The molecule has 20 heavy (non-hydrogen) atoms. The molecule has 0 aliphatic heterocycles. The number of imidazole rings is 1. The number of hydrogen-bond donors (Lipinski definition) is 1. The molecule has 1 unspecified atom stereocenters. The maximum Gasteiger partial charge on any atom is 0.223 e. The number of fused-ring (bicyclic) bond motifs is 1. The van der Waals surface area contributed by atoms with Gasteiger partial charge >= 0.3 is 0 Å². The van der Waals surface area contributed by atoms with Crippen LogP contribution in [0, 0.1) is 5.92 Å². The minimum atomic E-state index is -0.151. The highest BCUT2D eigenvalue weighted by Gasteiger charge is 2.29. The predicted molar refractivity (Wildman–Crippen MR) is 79.7 cm³/mol. The Morgan fingerprint density at radius 2 is 2.25 bits per heavy atom. The van der Waals surface area contributed by atoms with Gasteiger partial charge in [0.25, 0.3) is 0 Å². The molecule has 1 aliphatic rings. The van der Waals surface area contributed by atoms with E-state index < -0.39 is 0 Å². The second kappa shape index (κ2) is 5.44. The van der Waals surface area contributed by atoms with E-state index in [1.165, 1.54) is 0 Å². The third-order valence-electron chi connectivity index (χ3n) is 3.62. The molecule has 2 aromatic rings. The molecule has 1 atom stereocenters. The zero-order valence-corrected chi connectivity index (χ0v) is 12.2. The van der Waals surface area contributed by atoms with Crippen molar-refractivity contribution in [2.24, 2.45) is 5.92 Å². The number of carbonyl (C=O) groups excluding carboxylic acids is 1. The molecule has 1 saturated carbocycles. The zero-order chi connectivity index (χ0) is 14.1. The summed E-state index contributed by atoms with van der Waals surface area (Å²) in [7, 11) is 0. The SMILES string of the molecule is CC(Cl)c1nc2ccccc2n1CCNC(=O)C1CC1. The fourth-order valence-electron chi connectivity index (χ4n) is 2.41. The molecule has 0 spiro atoms. The molecule has 1 aromatic carbocycles. The number of alkyl halides is 1. The van der Waals surface area contributed by atoms with E-state index in [1.54, 1.807) is 0 Å². The van der Waals surface area contributed by atoms with Crippen LogP contribution in [0.5, 0.6) is 0 Å². The summed E-state index contributed by atoms with van der Waals surface area (Å²) in [5, 5.41) is 2.83. The van der Waals surface area contributed by atoms with Gasteiger partial charge in [-0.1, -0.05) is 12.1 Å². The Balaban J connectivity index is 1.77. The van der Waals surface area contributed by atoms with Crippen molar-refractivity contribution in [1.29, 1.82) is 0 Å². The molecule has 1 aromatic heterocycles. The van der Waals surface area contributed by atoms with Gasteiger partial charge in [-0.15, -0.1) is 11.6 Å². The van der Waals surface area contributed by atoms with Crippen LogP contribution in [-0.2, 0) is 11.3 Å². The third-order valence-corrected chi connectivity index (χ3v) is 3.82. The number of benzene rings is 1. The van der Waals surface area contributed by atoms with Crippen LogP contribution in [0.4, 0.5) is 0 Å². The number of carbonyl (C=O) groups is 1. The summed E-state index contributed by atoms with van der Waals surface area (Å²) in [6, 6.07) is 7.98. The van der Waals surface area contributed by atoms with E-state index in [9.17, 15) is 4.79 Å². The maximum atomic E-state index is 11.7. The second-order valence-electron chi connectivity index (χ2n) is 5.29. The van der Waals surface area contributed by atoms with Crippen LogP contribution in [0.2, 0.25) is 0 Å². The monoisotopic (exact) mass is 291 g/mol. The van der Waals surface area contributed by atoms with Crippen LogP contribution >= 0.6 is 11.6 Å². The smallest absolute Gasteiger partial charge is 0.223 e. The Bertz CT molecular complexity index is 631. The molecule has 1 aliphatic carbocycles. The first-order valence-electron chi connectivity index (χ1n) is 7.04. The van der Waals surface area contributed by atoms with Crippen LogP contribution in [-0.4, -0.2) is 22.0 Å². The molecule has 0 radical (unpaired) electrons. The van der Waals surface area contributed by atoms with Crippen LogP contribution < -0.4 is 5.32 Å². The van der Waals surface area contributed by atoms with Crippen LogP contribution in [0.15, 0.2) is 24.3 Å². The van der Waals surface area contributed by atoms with Crippen molar-refractivity contribution in [3.05, 3.63) is 30.1 Å². The number of nitrogens with zero attached hydrogens (tertiary/aromatic N) is 2. The molecule has 5 heteroatoms. The van der Waals surface area contributed by atoms with Crippen molar-refractivity contribution in [2.45, 2.75) is 31.7 Å². The van der Waals surface area contributed by atoms with Gasteiger partial charge in [0.2, 0.25) is 5.91 Å². The minimum absolute atomic E-state index is 0.151. The van der Waals surface area contributed by atoms with Gasteiger partial charge in [-0.3, -0.25) is 4.79 Å². The lowest BCUT2D eigenvalue weighted by atomic mass is 10.3. The number of amides is 1. The number of aromatic nitrogens is 2. The highest BCUT2D eigenvalue weighted by Crippen LogP contribution is 2.28. The number of nitrogens with one attached hydrogen (secondary N) is 1. The maximum absolute atomic E-state index is 11.7. The normalized spacial score (nSPS) is 16.3. The largest absolute Gasteiger partial charge is 0.354 e. The number of halogens is 1. The molecule has 0 bridgehead atoms. The lowest BCUT2D eigenvalue weighted by molar-refractivity contribution is -0.122. The molecular formula is C15H18ClN3O. The molecule has 3 rings (SSSR count). The van der Waals surface area contributed by atoms with Gasteiger partial charge in [-0.2, -0.15) is 0 Å². The highest BCUT2D eigenvalue weighted by atomic mass is 35.5. The van der Waals surface area contributed by atoms with Crippen LogP contribution in [0.25, 0.3) is 11.0 Å². The van der Waals surface area contributed by atoms with Gasteiger partial charge in [0.1, 0.15) is 5.82 Å². The molecular weight excluding hydrogens is 274 g/mol. The molecule has 1 fully saturated rings. The number of para-hydroxylation sites is 2. The van der Waals surface area contributed by atoms with E-state index in [0.717, 1.165) is 29.7 Å². The van der Waals surface area contributed by atoms with Crippen LogP contribution in [0.3, 0.4) is 0 Å².